The fraction of sp³-hybridized carbons (Fsp3) is 0.412. The number of benzene rings is 1. The molecule has 24 heavy (non-hydrogen) atoms. The van der Waals surface area contributed by atoms with E-state index in [1.807, 2.05) is 42.2 Å². The molecule has 0 saturated carbocycles. The lowest BCUT2D eigenvalue weighted by Gasteiger charge is -2.26. The van der Waals surface area contributed by atoms with Crippen LogP contribution in [0.25, 0.3) is 5.69 Å². The van der Waals surface area contributed by atoms with E-state index < -0.39 is 0 Å². The van der Waals surface area contributed by atoms with Gasteiger partial charge in [0, 0.05) is 26.2 Å². The number of carbonyl (C=O) groups is 1. The molecule has 1 N–H and O–H groups in total. The average Bonchev–Trinajstić information content (AvgIpc) is 3.05. The molecule has 6 nitrogen and oxygen atoms in total. The summed E-state index contributed by atoms with van der Waals surface area (Å²) in [6, 6.07) is 9.75. The number of rotatable bonds is 5. The van der Waals surface area contributed by atoms with Gasteiger partial charge in [-0.3, -0.25) is 4.79 Å². The summed E-state index contributed by atoms with van der Waals surface area (Å²) in [6.07, 6.45) is 2.68. The van der Waals surface area contributed by atoms with Gasteiger partial charge < -0.3 is 15.0 Å². The number of aromatic nitrogens is 2. The maximum Gasteiger partial charge on any atom is 0.278 e. The third-order valence-electron chi connectivity index (χ3n) is 3.77. The Morgan fingerprint density at radius 2 is 1.96 bits per heavy atom. The Hall–Kier alpha value is -2.05. The second-order valence-electron chi connectivity index (χ2n) is 5.51. The molecule has 0 radical (unpaired) electrons. The zero-order chi connectivity index (χ0) is 16.1. The van der Waals surface area contributed by atoms with Crippen LogP contribution in [-0.2, 0) is 0 Å². The lowest BCUT2D eigenvalue weighted by molar-refractivity contribution is 0.0725. The van der Waals surface area contributed by atoms with Crippen molar-refractivity contribution in [3.63, 3.8) is 0 Å². The number of carbonyl (C=O) groups excluding carboxylic acids is 1. The van der Waals surface area contributed by atoms with E-state index in [1.54, 1.807) is 10.9 Å². The summed E-state index contributed by atoms with van der Waals surface area (Å²) in [5.74, 6) is 0.492. The first-order valence-electron chi connectivity index (χ1n) is 8.07. The van der Waals surface area contributed by atoms with Crippen molar-refractivity contribution in [1.29, 1.82) is 0 Å². The Labute approximate surface area is 148 Å². The lowest BCUT2D eigenvalue weighted by Crippen LogP contribution is -2.46. The van der Waals surface area contributed by atoms with Crippen LogP contribution >= 0.6 is 12.4 Å². The summed E-state index contributed by atoms with van der Waals surface area (Å²) >= 11 is 0. The predicted octanol–water partition coefficient (Wildman–Crippen LogP) is 2.13. The van der Waals surface area contributed by atoms with E-state index in [0.29, 0.717) is 31.1 Å². The van der Waals surface area contributed by atoms with Gasteiger partial charge in [0.25, 0.3) is 5.91 Å². The van der Waals surface area contributed by atoms with Crippen LogP contribution in [0, 0.1) is 0 Å². The van der Waals surface area contributed by atoms with Crippen LogP contribution < -0.4 is 10.1 Å². The van der Waals surface area contributed by atoms with Gasteiger partial charge >= 0.3 is 0 Å². The summed E-state index contributed by atoms with van der Waals surface area (Å²) < 4.78 is 7.46. The zero-order valence-corrected chi connectivity index (χ0v) is 14.6. The molecule has 1 saturated heterocycles. The molecular formula is C17H23ClN4O2. The molecule has 0 spiro atoms. The molecule has 1 amide bonds. The molecule has 130 valence electrons. The number of para-hydroxylation sites is 1. The topological polar surface area (TPSA) is 59.4 Å². The fourth-order valence-corrected chi connectivity index (χ4v) is 2.55. The van der Waals surface area contributed by atoms with Crippen molar-refractivity contribution in [2.45, 2.75) is 13.3 Å². The molecule has 0 atom stereocenters. The Morgan fingerprint density at radius 3 is 2.62 bits per heavy atom. The monoisotopic (exact) mass is 350 g/mol. The summed E-state index contributed by atoms with van der Waals surface area (Å²) in [5.41, 5.74) is 1.30. The number of ether oxygens (including phenoxy) is 1. The highest BCUT2D eigenvalue weighted by Crippen LogP contribution is 2.22. The second-order valence-corrected chi connectivity index (χ2v) is 5.51. The molecule has 1 aliphatic rings. The molecule has 0 bridgehead atoms. The summed E-state index contributed by atoms with van der Waals surface area (Å²) in [5, 5.41) is 7.74. The largest absolute Gasteiger partial charge is 0.489 e. The van der Waals surface area contributed by atoms with Crippen LogP contribution in [-0.4, -0.2) is 53.4 Å². The number of hydrogen-bond acceptors (Lipinski definition) is 4. The van der Waals surface area contributed by atoms with E-state index in [-0.39, 0.29) is 18.3 Å². The second kappa shape index (κ2) is 8.70. The van der Waals surface area contributed by atoms with E-state index in [9.17, 15) is 4.79 Å². The number of halogens is 1. The van der Waals surface area contributed by atoms with Crippen LogP contribution in [0.1, 0.15) is 23.8 Å². The van der Waals surface area contributed by atoms with Gasteiger partial charge in [-0.15, -0.1) is 12.4 Å². The third-order valence-corrected chi connectivity index (χ3v) is 3.77. The van der Waals surface area contributed by atoms with E-state index in [0.717, 1.165) is 25.2 Å². The predicted molar refractivity (Wildman–Crippen MR) is 95.4 cm³/mol. The molecular weight excluding hydrogens is 328 g/mol. The Kier molecular flexibility index (Phi) is 6.63. The van der Waals surface area contributed by atoms with Gasteiger partial charge in [0.2, 0.25) is 0 Å². The highest BCUT2D eigenvalue weighted by Gasteiger charge is 2.25. The maximum atomic E-state index is 12.8. The molecule has 1 aromatic heterocycles. The maximum absolute atomic E-state index is 12.8. The number of piperazine rings is 1. The van der Waals surface area contributed by atoms with Crippen LogP contribution in [0.3, 0.4) is 0 Å². The molecule has 2 aromatic rings. The van der Waals surface area contributed by atoms with E-state index in [2.05, 4.69) is 10.4 Å². The first kappa shape index (κ1) is 18.3. The van der Waals surface area contributed by atoms with E-state index >= 15 is 0 Å². The lowest BCUT2D eigenvalue weighted by atomic mass is 10.3. The molecule has 0 aliphatic carbocycles. The van der Waals surface area contributed by atoms with Crippen molar-refractivity contribution in [3.8, 4) is 11.4 Å². The van der Waals surface area contributed by atoms with Crippen LogP contribution in [0.15, 0.2) is 36.5 Å². The normalized spacial score (nSPS) is 14.1. The smallest absolute Gasteiger partial charge is 0.278 e. The van der Waals surface area contributed by atoms with Crippen molar-refractivity contribution in [1.82, 2.24) is 20.0 Å². The molecule has 7 heteroatoms. The highest BCUT2D eigenvalue weighted by molar-refractivity contribution is 5.95. The molecule has 1 aliphatic heterocycles. The van der Waals surface area contributed by atoms with Crippen LogP contribution in [0.4, 0.5) is 0 Å². The quantitative estimate of drug-likeness (QED) is 0.897. The minimum absolute atomic E-state index is 0. The number of nitrogens with zero attached hydrogens (tertiary/aromatic N) is 3. The Morgan fingerprint density at radius 1 is 1.25 bits per heavy atom. The standard InChI is InChI=1S/C17H22N4O2.ClH/c1-2-12-23-15-13-21(14-6-4-3-5-7-14)19-16(15)17(22)20-10-8-18-9-11-20;/h3-7,13,18H,2,8-12H2,1H3;1H. The molecule has 3 rings (SSSR count). The Bertz CT molecular complexity index is 654. The minimum atomic E-state index is -0.0627. The SMILES string of the molecule is CCCOc1cn(-c2ccccc2)nc1C(=O)N1CCNCC1.Cl. The minimum Gasteiger partial charge on any atom is -0.489 e. The van der Waals surface area contributed by atoms with Crippen LogP contribution in [0.5, 0.6) is 5.75 Å². The van der Waals surface area contributed by atoms with Crippen molar-refractivity contribution in [3.05, 3.63) is 42.2 Å². The number of amides is 1. The molecule has 0 unspecified atom stereocenters. The van der Waals surface area contributed by atoms with Crippen molar-refractivity contribution >= 4 is 18.3 Å². The molecule has 2 heterocycles. The first-order chi connectivity index (χ1) is 11.3. The van der Waals surface area contributed by atoms with Gasteiger partial charge in [-0.25, -0.2) is 4.68 Å². The van der Waals surface area contributed by atoms with Gasteiger partial charge in [-0.1, -0.05) is 25.1 Å². The molecule has 1 aromatic carbocycles. The number of nitrogens with one attached hydrogen (secondary N) is 1. The number of hydrogen-bond donors (Lipinski definition) is 1. The summed E-state index contributed by atoms with van der Waals surface area (Å²) in [6.45, 7) is 5.64. The summed E-state index contributed by atoms with van der Waals surface area (Å²) in [7, 11) is 0. The van der Waals surface area contributed by atoms with Crippen molar-refractivity contribution in [2.75, 3.05) is 32.8 Å². The van der Waals surface area contributed by atoms with Gasteiger partial charge in [-0.05, 0) is 18.6 Å². The zero-order valence-electron chi connectivity index (χ0n) is 13.8. The highest BCUT2D eigenvalue weighted by atomic mass is 35.5. The Balaban J connectivity index is 0.00000208. The van der Waals surface area contributed by atoms with Crippen molar-refractivity contribution < 1.29 is 9.53 Å². The van der Waals surface area contributed by atoms with Gasteiger partial charge in [0.05, 0.1) is 18.5 Å². The fourth-order valence-electron chi connectivity index (χ4n) is 2.55. The van der Waals surface area contributed by atoms with Gasteiger partial charge in [0.15, 0.2) is 11.4 Å². The summed E-state index contributed by atoms with van der Waals surface area (Å²) in [4.78, 5) is 14.6. The van der Waals surface area contributed by atoms with Crippen LogP contribution in [0.2, 0.25) is 0 Å². The van der Waals surface area contributed by atoms with Crippen molar-refractivity contribution in [2.24, 2.45) is 0 Å². The third kappa shape index (κ3) is 4.07. The average molecular weight is 351 g/mol. The van der Waals surface area contributed by atoms with E-state index in [4.69, 9.17) is 4.74 Å². The first-order valence-corrected chi connectivity index (χ1v) is 8.07. The van der Waals surface area contributed by atoms with Gasteiger partial charge in [0.1, 0.15) is 0 Å². The van der Waals surface area contributed by atoms with Gasteiger partial charge in [-0.2, -0.15) is 5.10 Å². The molecule has 1 fully saturated rings. The van der Waals surface area contributed by atoms with E-state index in [1.165, 1.54) is 0 Å².